The van der Waals surface area contributed by atoms with Crippen molar-refractivity contribution in [1.82, 2.24) is 10.3 Å². The summed E-state index contributed by atoms with van der Waals surface area (Å²) in [7, 11) is 0. The van der Waals surface area contributed by atoms with Gasteiger partial charge in [-0.3, -0.25) is 4.98 Å². The molecule has 1 atom stereocenters. The zero-order valence-corrected chi connectivity index (χ0v) is 12.2. The number of nitrogens with zero attached hydrogens (tertiary/aromatic N) is 2. The largest absolute Gasteiger partial charge is 0.371 e. The summed E-state index contributed by atoms with van der Waals surface area (Å²) >= 11 is 0. The highest BCUT2D eigenvalue weighted by molar-refractivity contribution is 5.82. The summed E-state index contributed by atoms with van der Waals surface area (Å²) in [6.45, 7) is 6.85. The van der Waals surface area contributed by atoms with Crippen LogP contribution in [0.2, 0.25) is 0 Å². The van der Waals surface area contributed by atoms with Crippen molar-refractivity contribution in [3.05, 3.63) is 36.5 Å². The molecule has 2 heterocycles. The molecule has 0 saturated carbocycles. The minimum atomic E-state index is 0.783. The van der Waals surface area contributed by atoms with E-state index in [1.54, 1.807) is 0 Å². The molecule has 1 saturated heterocycles. The summed E-state index contributed by atoms with van der Waals surface area (Å²) in [6, 6.07) is 10.8. The highest BCUT2D eigenvalue weighted by atomic mass is 15.2. The monoisotopic (exact) mass is 269 g/mol. The zero-order valence-electron chi connectivity index (χ0n) is 12.2. The molecule has 1 aliphatic heterocycles. The van der Waals surface area contributed by atoms with Crippen LogP contribution < -0.4 is 10.2 Å². The molecule has 1 unspecified atom stereocenters. The lowest BCUT2D eigenvalue weighted by molar-refractivity contribution is 0.516. The first-order chi connectivity index (χ1) is 9.86. The number of aromatic nitrogens is 1. The van der Waals surface area contributed by atoms with Gasteiger partial charge in [0.05, 0.1) is 5.52 Å². The fraction of sp³-hybridized carbons (Fsp3) is 0.471. The van der Waals surface area contributed by atoms with Crippen molar-refractivity contribution in [2.75, 3.05) is 31.1 Å². The van der Waals surface area contributed by atoms with Crippen molar-refractivity contribution in [1.29, 1.82) is 0 Å². The van der Waals surface area contributed by atoms with Crippen molar-refractivity contribution in [2.24, 2.45) is 5.92 Å². The lowest BCUT2D eigenvalue weighted by atomic mass is 10.1. The van der Waals surface area contributed by atoms with Crippen LogP contribution in [0.4, 0.5) is 5.69 Å². The molecule has 0 amide bonds. The predicted octanol–water partition coefficient (Wildman–Crippen LogP) is 3.06. The zero-order chi connectivity index (χ0) is 13.8. The minimum Gasteiger partial charge on any atom is -0.371 e. The van der Waals surface area contributed by atoms with Crippen LogP contribution in [0.1, 0.15) is 19.8 Å². The Bertz CT molecular complexity index is 567. The Labute approximate surface area is 121 Å². The van der Waals surface area contributed by atoms with Crippen molar-refractivity contribution >= 4 is 16.6 Å². The van der Waals surface area contributed by atoms with Crippen LogP contribution in [-0.2, 0) is 0 Å². The van der Waals surface area contributed by atoms with E-state index >= 15 is 0 Å². The molecular formula is C17H23N3. The van der Waals surface area contributed by atoms with Crippen LogP contribution in [0, 0.1) is 5.92 Å². The molecule has 1 aromatic heterocycles. The lowest BCUT2D eigenvalue weighted by Crippen LogP contribution is -2.26. The van der Waals surface area contributed by atoms with Crippen molar-refractivity contribution < 1.29 is 0 Å². The number of benzene rings is 1. The Kier molecular flexibility index (Phi) is 4.16. The highest BCUT2D eigenvalue weighted by Gasteiger charge is 2.22. The topological polar surface area (TPSA) is 28.2 Å². The fourth-order valence-electron chi connectivity index (χ4n) is 2.98. The van der Waals surface area contributed by atoms with Crippen LogP contribution in [-0.4, -0.2) is 31.2 Å². The van der Waals surface area contributed by atoms with Gasteiger partial charge >= 0.3 is 0 Å². The standard InChI is InChI=1S/C17H23N3/c1-2-8-18-12-14-7-10-20(13-14)16-5-6-17-15(11-16)4-3-9-19-17/h3-6,9,11,14,18H,2,7-8,10,12-13H2,1H3. The summed E-state index contributed by atoms with van der Waals surface area (Å²) in [4.78, 5) is 6.89. The number of fused-ring (bicyclic) bond motifs is 1. The summed E-state index contributed by atoms with van der Waals surface area (Å²) in [6.07, 6.45) is 4.36. The maximum Gasteiger partial charge on any atom is 0.0703 e. The van der Waals surface area contributed by atoms with Gasteiger partial charge in [-0.1, -0.05) is 13.0 Å². The van der Waals surface area contributed by atoms with E-state index in [1.807, 2.05) is 12.3 Å². The third kappa shape index (κ3) is 2.93. The van der Waals surface area contributed by atoms with Crippen LogP contribution in [0.15, 0.2) is 36.5 Å². The van der Waals surface area contributed by atoms with Gasteiger partial charge in [-0.2, -0.15) is 0 Å². The van der Waals surface area contributed by atoms with Gasteiger partial charge in [0, 0.05) is 30.4 Å². The first kappa shape index (κ1) is 13.4. The van der Waals surface area contributed by atoms with Crippen LogP contribution in [0.3, 0.4) is 0 Å². The van der Waals surface area contributed by atoms with E-state index in [9.17, 15) is 0 Å². The maximum atomic E-state index is 4.39. The molecule has 1 N–H and O–H groups in total. The Hall–Kier alpha value is -1.61. The van der Waals surface area contributed by atoms with Crippen molar-refractivity contribution in [3.63, 3.8) is 0 Å². The Morgan fingerprint density at radius 3 is 3.20 bits per heavy atom. The van der Waals surface area contributed by atoms with E-state index in [1.165, 1.54) is 37.0 Å². The van der Waals surface area contributed by atoms with Gasteiger partial charge in [-0.15, -0.1) is 0 Å². The third-order valence-electron chi connectivity index (χ3n) is 4.10. The van der Waals surface area contributed by atoms with E-state index in [-0.39, 0.29) is 0 Å². The van der Waals surface area contributed by atoms with Gasteiger partial charge in [0.1, 0.15) is 0 Å². The molecule has 1 fully saturated rings. The summed E-state index contributed by atoms with van der Waals surface area (Å²) in [5.41, 5.74) is 2.42. The van der Waals surface area contributed by atoms with Gasteiger partial charge in [0.25, 0.3) is 0 Å². The number of hydrogen-bond donors (Lipinski definition) is 1. The normalized spacial score (nSPS) is 18.9. The highest BCUT2D eigenvalue weighted by Crippen LogP contribution is 2.26. The molecule has 1 aromatic carbocycles. The van der Waals surface area contributed by atoms with E-state index in [4.69, 9.17) is 0 Å². The smallest absolute Gasteiger partial charge is 0.0703 e. The van der Waals surface area contributed by atoms with Gasteiger partial charge in [0.15, 0.2) is 0 Å². The lowest BCUT2D eigenvalue weighted by Gasteiger charge is -2.19. The number of anilines is 1. The van der Waals surface area contributed by atoms with E-state index < -0.39 is 0 Å². The average Bonchev–Trinajstić information content (AvgIpc) is 2.96. The minimum absolute atomic E-state index is 0.783. The van der Waals surface area contributed by atoms with Gasteiger partial charge < -0.3 is 10.2 Å². The molecule has 0 aliphatic carbocycles. The summed E-state index contributed by atoms with van der Waals surface area (Å²) in [5.74, 6) is 0.783. The molecule has 1 aliphatic rings. The number of rotatable bonds is 5. The molecule has 0 bridgehead atoms. The van der Waals surface area contributed by atoms with E-state index in [0.29, 0.717) is 0 Å². The Morgan fingerprint density at radius 2 is 2.30 bits per heavy atom. The van der Waals surface area contributed by atoms with E-state index in [2.05, 4.69) is 46.4 Å². The van der Waals surface area contributed by atoms with Crippen LogP contribution in [0.5, 0.6) is 0 Å². The first-order valence-electron chi connectivity index (χ1n) is 7.67. The predicted molar refractivity (Wildman–Crippen MR) is 85.2 cm³/mol. The number of pyridine rings is 1. The second-order valence-corrected chi connectivity index (χ2v) is 5.69. The number of hydrogen-bond acceptors (Lipinski definition) is 3. The second-order valence-electron chi connectivity index (χ2n) is 5.69. The van der Waals surface area contributed by atoms with Crippen LogP contribution in [0.25, 0.3) is 10.9 Å². The second kappa shape index (κ2) is 6.23. The molecule has 3 nitrogen and oxygen atoms in total. The fourth-order valence-corrected chi connectivity index (χ4v) is 2.98. The SMILES string of the molecule is CCCNCC1CCN(c2ccc3ncccc3c2)C1. The molecule has 106 valence electrons. The molecule has 2 aromatic rings. The Morgan fingerprint density at radius 1 is 1.35 bits per heavy atom. The molecule has 3 heteroatoms. The van der Waals surface area contributed by atoms with Crippen molar-refractivity contribution in [3.8, 4) is 0 Å². The molecular weight excluding hydrogens is 246 g/mol. The maximum absolute atomic E-state index is 4.39. The van der Waals surface area contributed by atoms with Crippen molar-refractivity contribution in [2.45, 2.75) is 19.8 Å². The molecule has 20 heavy (non-hydrogen) atoms. The average molecular weight is 269 g/mol. The van der Waals surface area contributed by atoms with Gasteiger partial charge in [-0.05, 0) is 56.1 Å². The summed E-state index contributed by atoms with van der Waals surface area (Å²) in [5, 5.41) is 4.78. The van der Waals surface area contributed by atoms with Crippen LogP contribution >= 0.6 is 0 Å². The molecule has 0 radical (unpaired) electrons. The van der Waals surface area contributed by atoms with E-state index in [0.717, 1.165) is 24.5 Å². The molecule has 3 rings (SSSR count). The third-order valence-corrected chi connectivity index (χ3v) is 4.10. The van der Waals surface area contributed by atoms with Gasteiger partial charge in [-0.25, -0.2) is 0 Å². The first-order valence-corrected chi connectivity index (χ1v) is 7.67. The quantitative estimate of drug-likeness (QED) is 0.846. The summed E-state index contributed by atoms with van der Waals surface area (Å²) < 4.78 is 0. The van der Waals surface area contributed by atoms with Gasteiger partial charge in [0.2, 0.25) is 0 Å². The number of nitrogens with one attached hydrogen (secondary N) is 1. The molecule has 0 spiro atoms. The Balaban J connectivity index is 1.66.